The summed E-state index contributed by atoms with van der Waals surface area (Å²) in [5, 5.41) is 13.5. The number of carboxylic acids is 1. The number of carbonyl (C=O) groups is 2. The molecule has 1 aliphatic rings. The van der Waals surface area contributed by atoms with E-state index in [9.17, 15) is 22.8 Å². The lowest BCUT2D eigenvalue weighted by Gasteiger charge is -2.27. The summed E-state index contributed by atoms with van der Waals surface area (Å²) < 4.78 is 31.7. The monoisotopic (exact) mass is 450 g/mol. The highest BCUT2D eigenvalue weighted by atomic mass is 19.4. The number of alkyl halides is 3. The number of H-pyrrole nitrogens is 2. The predicted octanol–water partition coefficient (Wildman–Crippen LogP) is 2.04. The third-order valence-corrected chi connectivity index (χ3v) is 5.19. The Labute approximate surface area is 179 Å². The molecule has 1 amide bonds. The molecule has 2 aromatic carbocycles. The van der Waals surface area contributed by atoms with Crippen molar-refractivity contribution < 1.29 is 27.9 Å². The number of aliphatic carboxylic acids is 1. The van der Waals surface area contributed by atoms with Crippen molar-refractivity contribution in [1.29, 1.82) is 0 Å². The van der Waals surface area contributed by atoms with E-state index in [1.54, 1.807) is 0 Å². The van der Waals surface area contributed by atoms with E-state index in [2.05, 4.69) is 20.6 Å². The number of hydrogen-bond acceptors (Lipinski definition) is 4. The molecule has 0 aliphatic carbocycles. The first-order chi connectivity index (χ1) is 15.1. The lowest BCUT2D eigenvalue weighted by atomic mass is 9.78. The Hall–Kier alpha value is -3.60. The number of hydrogen-bond donors (Lipinski definition) is 5. The summed E-state index contributed by atoms with van der Waals surface area (Å²) in [4.78, 5) is 38.7. The van der Waals surface area contributed by atoms with Crippen molar-refractivity contribution in [2.24, 2.45) is 0 Å². The van der Waals surface area contributed by atoms with Crippen molar-refractivity contribution in [1.82, 2.24) is 20.6 Å². The first-order valence-electron chi connectivity index (χ1n) is 9.67. The van der Waals surface area contributed by atoms with Gasteiger partial charge in [0.2, 0.25) is 5.91 Å². The zero-order valence-corrected chi connectivity index (χ0v) is 16.8. The zero-order chi connectivity index (χ0) is 23.4. The lowest BCUT2D eigenvalue weighted by molar-refractivity contribution is -0.192. The topological polar surface area (TPSA) is 127 Å². The van der Waals surface area contributed by atoms with Gasteiger partial charge in [-0.2, -0.15) is 13.2 Å². The summed E-state index contributed by atoms with van der Waals surface area (Å²) in [6.45, 7) is 1.91. The van der Waals surface area contributed by atoms with Crippen molar-refractivity contribution in [3.63, 3.8) is 0 Å². The second kappa shape index (κ2) is 9.27. The second-order valence-corrected chi connectivity index (χ2v) is 7.32. The van der Waals surface area contributed by atoms with Gasteiger partial charge in [-0.3, -0.25) is 4.79 Å². The molecular formula is C21H21F3N4O4. The van der Waals surface area contributed by atoms with E-state index < -0.39 is 17.6 Å². The number of carbonyl (C=O) groups excluding carboxylic acids is 1. The molecule has 1 aromatic heterocycles. The minimum atomic E-state index is -5.08. The number of carboxylic acid groups (broad SMARTS) is 1. The Morgan fingerprint density at radius 3 is 2.31 bits per heavy atom. The smallest absolute Gasteiger partial charge is 0.475 e. The van der Waals surface area contributed by atoms with Gasteiger partial charge >= 0.3 is 17.8 Å². The number of nitrogens with one attached hydrogen (secondary N) is 4. The van der Waals surface area contributed by atoms with Gasteiger partial charge in [-0.1, -0.05) is 36.4 Å². The van der Waals surface area contributed by atoms with Crippen LogP contribution in [0.2, 0.25) is 0 Å². The largest absolute Gasteiger partial charge is 0.490 e. The van der Waals surface area contributed by atoms with Crippen LogP contribution in [0.25, 0.3) is 11.0 Å². The molecule has 0 bridgehead atoms. The molecule has 2 heterocycles. The molecule has 32 heavy (non-hydrogen) atoms. The van der Waals surface area contributed by atoms with Gasteiger partial charge in [0.25, 0.3) is 0 Å². The SMILES string of the molecule is O=C(NCc1ccc2[nH]c(=O)[nH]c2c1)C1(c2ccccc2)CCNC1.O=C(O)C(F)(F)F. The first kappa shape index (κ1) is 23.1. The first-order valence-corrected chi connectivity index (χ1v) is 9.67. The van der Waals surface area contributed by atoms with E-state index in [-0.39, 0.29) is 11.6 Å². The highest BCUT2D eigenvalue weighted by Crippen LogP contribution is 2.31. The van der Waals surface area contributed by atoms with E-state index in [1.165, 1.54) is 0 Å². The Morgan fingerprint density at radius 2 is 1.72 bits per heavy atom. The van der Waals surface area contributed by atoms with Crippen LogP contribution in [0.1, 0.15) is 17.5 Å². The van der Waals surface area contributed by atoms with E-state index in [0.717, 1.165) is 35.1 Å². The fraction of sp³-hybridized carbons (Fsp3) is 0.286. The summed E-state index contributed by atoms with van der Waals surface area (Å²) in [5.41, 5.74) is 2.76. The van der Waals surface area contributed by atoms with Gasteiger partial charge in [-0.25, -0.2) is 9.59 Å². The predicted molar refractivity (Wildman–Crippen MR) is 110 cm³/mol. The zero-order valence-electron chi connectivity index (χ0n) is 16.8. The normalized spacial score (nSPS) is 18.1. The minimum absolute atomic E-state index is 0.0337. The number of rotatable bonds is 4. The molecule has 170 valence electrons. The molecule has 8 nitrogen and oxygen atoms in total. The van der Waals surface area contributed by atoms with Crippen LogP contribution >= 0.6 is 0 Å². The van der Waals surface area contributed by atoms with E-state index >= 15 is 0 Å². The molecular weight excluding hydrogens is 429 g/mol. The molecule has 1 aliphatic heterocycles. The molecule has 0 radical (unpaired) electrons. The summed E-state index contributed by atoms with van der Waals surface area (Å²) >= 11 is 0. The Morgan fingerprint density at radius 1 is 1.06 bits per heavy atom. The van der Waals surface area contributed by atoms with Gasteiger partial charge in [0.1, 0.15) is 0 Å². The number of halogens is 3. The summed E-state index contributed by atoms with van der Waals surface area (Å²) in [6, 6.07) is 15.6. The second-order valence-electron chi connectivity index (χ2n) is 7.32. The van der Waals surface area contributed by atoms with Crippen LogP contribution in [0.4, 0.5) is 13.2 Å². The van der Waals surface area contributed by atoms with Crippen LogP contribution in [-0.2, 0) is 21.5 Å². The molecule has 1 fully saturated rings. The number of aromatic nitrogens is 2. The molecule has 3 aromatic rings. The Kier molecular flexibility index (Phi) is 6.68. The third-order valence-electron chi connectivity index (χ3n) is 5.19. The van der Waals surface area contributed by atoms with E-state index in [1.807, 2.05) is 48.5 Å². The van der Waals surface area contributed by atoms with Crippen molar-refractivity contribution in [3.8, 4) is 0 Å². The highest BCUT2D eigenvalue weighted by molar-refractivity contribution is 5.89. The van der Waals surface area contributed by atoms with Crippen LogP contribution < -0.4 is 16.3 Å². The molecule has 11 heteroatoms. The molecule has 0 saturated carbocycles. The summed E-state index contributed by atoms with van der Waals surface area (Å²) in [5.74, 6) is -2.72. The van der Waals surface area contributed by atoms with E-state index in [4.69, 9.17) is 9.90 Å². The van der Waals surface area contributed by atoms with Gasteiger partial charge in [0, 0.05) is 13.1 Å². The fourth-order valence-electron chi connectivity index (χ4n) is 3.56. The summed E-state index contributed by atoms with van der Waals surface area (Å²) in [6.07, 6.45) is -4.30. The van der Waals surface area contributed by atoms with Gasteiger partial charge in [0.15, 0.2) is 0 Å². The number of benzene rings is 2. The minimum Gasteiger partial charge on any atom is -0.475 e. The van der Waals surface area contributed by atoms with Crippen LogP contribution in [-0.4, -0.2) is 46.2 Å². The van der Waals surface area contributed by atoms with Crippen molar-refractivity contribution >= 4 is 22.9 Å². The van der Waals surface area contributed by atoms with E-state index in [0.29, 0.717) is 13.1 Å². The Bertz CT molecular complexity index is 1150. The number of aromatic amines is 2. The van der Waals surface area contributed by atoms with Crippen LogP contribution in [0.5, 0.6) is 0 Å². The maximum absolute atomic E-state index is 13.0. The van der Waals surface area contributed by atoms with Gasteiger partial charge in [-0.15, -0.1) is 0 Å². The van der Waals surface area contributed by atoms with Crippen LogP contribution in [0, 0.1) is 0 Å². The molecule has 4 rings (SSSR count). The fourth-order valence-corrected chi connectivity index (χ4v) is 3.56. The lowest BCUT2D eigenvalue weighted by Crippen LogP contribution is -2.45. The van der Waals surface area contributed by atoms with Gasteiger partial charge < -0.3 is 25.7 Å². The third kappa shape index (κ3) is 5.17. The van der Waals surface area contributed by atoms with Crippen molar-refractivity contribution in [3.05, 3.63) is 70.1 Å². The van der Waals surface area contributed by atoms with Crippen LogP contribution in [0.15, 0.2) is 53.3 Å². The molecule has 1 saturated heterocycles. The van der Waals surface area contributed by atoms with Gasteiger partial charge in [-0.05, 0) is 36.2 Å². The molecule has 5 N–H and O–H groups in total. The van der Waals surface area contributed by atoms with Crippen molar-refractivity contribution in [2.75, 3.05) is 13.1 Å². The number of amides is 1. The standard InChI is InChI=1S/C19H20N4O2.C2HF3O2/c24-17(19(8-9-20-12-19)14-4-2-1-3-5-14)21-11-13-6-7-15-16(10-13)23-18(25)22-15;3-2(4,5)1(6)7/h1-7,10,20H,8-9,11-12H2,(H,21,24)(H2,22,23,25);(H,6,7). The van der Waals surface area contributed by atoms with Crippen LogP contribution in [0.3, 0.4) is 0 Å². The quantitative estimate of drug-likeness (QED) is 0.416. The maximum atomic E-state index is 13.0. The average molecular weight is 450 g/mol. The molecule has 0 spiro atoms. The van der Waals surface area contributed by atoms with Crippen molar-refractivity contribution in [2.45, 2.75) is 24.6 Å². The molecule has 1 unspecified atom stereocenters. The highest BCUT2D eigenvalue weighted by Gasteiger charge is 2.42. The average Bonchev–Trinajstić information content (AvgIpc) is 3.39. The Balaban J connectivity index is 0.000000360. The maximum Gasteiger partial charge on any atom is 0.490 e. The number of fused-ring (bicyclic) bond motifs is 1. The summed E-state index contributed by atoms with van der Waals surface area (Å²) in [7, 11) is 0. The molecule has 1 atom stereocenters. The van der Waals surface area contributed by atoms with Gasteiger partial charge in [0.05, 0.1) is 16.4 Å². The number of imidazole rings is 1.